The molecule has 2 nitrogen and oxygen atoms in total. The predicted molar refractivity (Wildman–Crippen MR) is 76.3 cm³/mol. The van der Waals surface area contributed by atoms with Crippen molar-refractivity contribution in [3.63, 3.8) is 0 Å². The van der Waals surface area contributed by atoms with Crippen molar-refractivity contribution < 1.29 is 9.53 Å². The number of rotatable bonds is 5. The molecule has 103 valence electrons. The fourth-order valence-electron chi connectivity index (χ4n) is 2.62. The van der Waals surface area contributed by atoms with Crippen molar-refractivity contribution in [1.82, 2.24) is 0 Å². The minimum Gasteiger partial charge on any atom is -0.462 e. The van der Waals surface area contributed by atoms with Gasteiger partial charge in [-0.15, -0.1) is 0 Å². The van der Waals surface area contributed by atoms with Gasteiger partial charge in [0.15, 0.2) is 0 Å². The van der Waals surface area contributed by atoms with Crippen LogP contribution in [0, 0.1) is 16.9 Å². The summed E-state index contributed by atoms with van der Waals surface area (Å²) in [5.74, 6) is -0.345. The Balaban J connectivity index is 1.73. The van der Waals surface area contributed by atoms with Crippen LogP contribution in [0.5, 0.6) is 0 Å². The molecule has 3 heteroatoms. The number of hydrogen-bond donors (Lipinski definition) is 0. The first-order valence-electron chi connectivity index (χ1n) is 6.68. The molecule has 0 amide bonds. The first-order chi connectivity index (χ1) is 8.84. The molecule has 1 radical (unpaired) electrons. The topological polar surface area (TPSA) is 26.3 Å². The largest absolute Gasteiger partial charge is 0.462 e. The SMILES string of the molecule is CC1(C)CC1(C)CCCOC(=O)c1[c]ccc(Cl)c1. The molecule has 0 aromatic heterocycles. The highest BCUT2D eigenvalue weighted by Crippen LogP contribution is 2.65. The molecule has 0 N–H and O–H groups in total. The molecule has 0 spiro atoms. The molecule has 1 aromatic rings. The molecular weight excluding hydrogens is 260 g/mol. The third kappa shape index (κ3) is 3.30. The minimum atomic E-state index is -0.345. The molecule has 19 heavy (non-hydrogen) atoms. The smallest absolute Gasteiger partial charge is 0.338 e. The lowest BCUT2D eigenvalue weighted by Crippen LogP contribution is -2.09. The van der Waals surface area contributed by atoms with Crippen molar-refractivity contribution in [3.05, 3.63) is 34.9 Å². The van der Waals surface area contributed by atoms with Gasteiger partial charge in [0, 0.05) is 5.02 Å². The van der Waals surface area contributed by atoms with E-state index in [-0.39, 0.29) is 5.97 Å². The summed E-state index contributed by atoms with van der Waals surface area (Å²) in [5, 5.41) is 0.526. The van der Waals surface area contributed by atoms with Crippen molar-refractivity contribution in [2.45, 2.75) is 40.0 Å². The molecule has 1 fully saturated rings. The minimum absolute atomic E-state index is 0.345. The lowest BCUT2D eigenvalue weighted by Gasteiger charge is -2.14. The summed E-state index contributed by atoms with van der Waals surface area (Å²) in [7, 11) is 0. The van der Waals surface area contributed by atoms with E-state index >= 15 is 0 Å². The van der Waals surface area contributed by atoms with E-state index in [1.807, 2.05) is 0 Å². The van der Waals surface area contributed by atoms with E-state index < -0.39 is 0 Å². The van der Waals surface area contributed by atoms with Gasteiger partial charge in [0.25, 0.3) is 0 Å². The number of esters is 1. The van der Waals surface area contributed by atoms with Gasteiger partial charge in [-0.05, 0) is 48.3 Å². The summed E-state index contributed by atoms with van der Waals surface area (Å²) in [6, 6.07) is 7.73. The molecule has 0 bridgehead atoms. The maximum Gasteiger partial charge on any atom is 0.338 e. The van der Waals surface area contributed by atoms with E-state index in [1.54, 1.807) is 18.2 Å². The average molecular weight is 280 g/mol. The molecule has 1 atom stereocenters. The molecule has 2 rings (SSSR count). The zero-order valence-corrected chi connectivity index (χ0v) is 12.5. The molecule has 1 aliphatic carbocycles. The molecule has 1 unspecified atom stereocenters. The molecule has 0 heterocycles. The normalized spacial score (nSPS) is 24.0. The summed E-state index contributed by atoms with van der Waals surface area (Å²) in [6.45, 7) is 7.35. The lowest BCUT2D eigenvalue weighted by molar-refractivity contribution is 0.0490. The molecule has 1 aromatic carbocycles. The Morgan fingerprint density at radius 1 is 1.47 bits per heavy atom. The molecular formula is C16H20ClO2. The second kappa shape index (κ2) is 5.16. The predicted octanol–water partition coefficient (Wildman–Crippen LogP) is 4.51. The fraction of sp³-hybridized carbons (Fsp3) is 0.562. The average Bonchev–Trinajstić information content (AvgIpc) is 2.84. The van der Waals surface area contributed by atoms with Gasteiger partial charge in [0.1, 0.15) is 0 Å². The number of hydrogen-bond acceptors (Lipinski definition) is 2. The first kappa shape index (κ1) is 14.4. The maximum absolute atomic E-state index is 11.8. The second-order valence-corrected chi connectivity index (χ2v) is 6.72. The standard InChI is InChI=1S/C16H20ClO2/c1-15(2)11-16(15,3)8-5-9-19-14(18)12-6-4-7-13(17)10-12/h4,7,10H,5,8-9,11H2,1-3H3. The first-order valence-corrected chi connectivity index (χ1v) is 7.06. The highest BCUT2D eigenvalue weighted by molar-refractivity contribution is 6.30. The molecule has 0 aliphatic heterocycles. The van der Waals surface area contributed by atoms with Crippen LogP contribution < -0.4 is 0 Å². The second-order valence-electron chi connectivity index (χ2n) is 6.28. The Morgan fingerprint density at radius 3 is 2.74 bits per heavy atom. The third-order valence-electron chi connectivity index (χ3n) is 4.43. The van der Waals surface area contributed by atoms with Gasteiger partial charge >= 0.3 is 5.97 Å². The Kier molecular flexibility index (Phi) is 3.91. The number of carbonyl (C=O) groups is 1. The Morgan fingerprint density at radius 2 is 2.16 bits per heavy atom. The van der Waals surface area contributed by atoms with E-state index in [2.05, 4.69) is 26.8 Å². The number of carbonyl (C=O) groups excluding carboxylic acids is 1. The van der Waals surface area contributed by atoms with Gasteiger partial charge in [0.05, 0.1) is 12.2 Å². The van der Waals surface area contributed by atoms with Crippen LogP contribution >= 0.6 is 11.6 Å². The Bertz CT molecular complexity index is 481. The van der Waals surface area contributed by atoms with Gasteiger partial charge < -0.3 is 4.74 Å². The van der Waals surface area contributed by atoms with E-state index in [0.717, 1.165) is 12.8 Å². The quantitative estimate of drug-likeness (QED) is 0.585. The van der Waals surface area contributed by atoms with Gasteiger partial charge in [-0.25, -0.2) is 4.79 Å². The van der Waals surface area contributed by atoms with Crippen LogP contribution in [-0.4, -0.2) is 12.6 Å². The summed E-state index contributed by atoms with van der Waals surface area (Å²) in [4.78, 5) is 11.8. The zero-order chi connectivity index (χ0) is 14.1. The summed E-state index contributed by atoms with van der Waals surface area (Å²) < 4.78 is 5.25. The van der Waals surface area contributed by atoms with E-state index in [0.29, 0.717) is 28.0 Å². The van der Waals surface area contributed by atoms with Crippen LogP contribution in [0.15, 0.2) is 18.2 Å². The van der Waals surface area contributed by atoms with Crippen molar-refractivity contribution in [3.8, 4) is 0 Å². The van der Waals surface area contributed by atoms with E-state index in [9.17, 15) is 4.79 Å². The van der Waals surface area contributed by atoms with Gasteiger partial charge in [-0.1, -0.05) is 38.4 Å². The summed E-state index contributed by atoms with van der Waals surface area (Å²) >= 11 is 5.82. The van der Waals surface area contributed by atoms with Crippen molar-refractivity contribution >= 4 is 17.6 Å². The Labute approximate surface area is 120 Å². The van der Waals surface area contributed by atoms with E-state index in [1.165, 1.54) is 6.42 Å². The number of benzene rings is 1. The maximum atomic E-state index is 11.8. The summed E-state index contributed by atoms with van der Waals surface area (Å²) in [5.41, 5.74) is 1.25. The molecule has 0 saturated heterocycles. The van der Waals surface area contributed by atoms with Gasteiger partial charge in [-0.2, -0.15) is 0 Å². The van der Waals surface area contributed by atoms with Crippen LogP contribution in [0.1, 0.15) is 50.4 Å². The van der Waals surface area contributed by atoms with Gasteiger partial charge in [-0.3, -0.25) is 0 Å². The van der Waals surface area contributed by atoms with Crippen LogP contribution in [0.3, 0.4) is 0 Å². The molecule has 1 saturated carbocycles. The molecule has 1 aliphatic rings. The lowest BCUT2D eigenvalue weighted by atomic mass is 9.93. The van der Waals surface area contributed by atoms with Crippen molar-refractivity contribution in [2.24, 2.45) is 10.8 Å². The van der Waals surface area contributed by atoms with Crippen LogP contribution in [0.25, 0.3) is 0 Å². The van der Waals surface area contributed by atoms with Crippen LogP contribution in [-0.2, 0) is 4.74 Å². The monoisotopic (exact) mass is 279 g/mol. The van der Waals surface area contributed by atoms with E-state index in [4.69, 9.17) is 16.3 Å². The third-order valence-corrected chi connectivity index (χ3v) is 4.67. The fourth-order valence-corrected chi connectivity index (χ4v) is 2.79. The Hall–Kier alpha value is -1.02. The number of halogens is 1. The number of ether oxygens (including phenoxy) is 1. The zero-order valence-electron chi connectivity index (χ0n) is 11.8. The summed E-state index contributed by atoms with van der Waals surface area (Å²) in [6.07, 6.45) is 3.27. The van der Waals surface area contributed by atoms with Crippen molar-refractivity contribution in [2.75, 3.05) is 6.61 Å². The highest BCUT2D eigenvalue weighted by atomic mass is 35.5. The highest BCUT2D eigenvalue weighted by Gasteiger charge is 2.56. The van der Waals surface area contributed by atoms with Crippen LogP contribution in [0.2, 0.25) is 5.02 Å². The van der Waals surface area contributed by atoms with Gasteiger partial charge in [0.2, 0.25) is 0 Å². The van der Waals surface area contributed by atoms with Crippen molar-refractivity contribution in [1.29, 1.82) is 0 Å². The van der Waals surface area contributed by atoms with Crippen LogP contribution in [0.4, 0.5) is 0 Å².